The third-order valence-corrected chi connectivity index (χ3v) is 2.96. The van der Waals surface area contributed by atoms with Gasteiger partial charge in [0, 0.05) is 5.38 Å². The molecule has 1 N–H and O–H groups in total. The lowest BCUT2D eigenvalue weighted by molar-refractivity contribution is 0.0697. The van der Waals surface area contributed by atoms with E-state index in [-0.39, 0.29) is 5.56 Å². The van der Waals surface area contributed by atoms with Crippen LogP contribution < -0.4 is 0 Å². The quantitative estimate of drug-likeness (QED) is 0.858. The van der Waals surface area contributed by atoms with Gasteiger partial charge >= 0.3 is 5.97 Å². The van der Waals surface area contributed by atoms with Crippen molar-refractivity contribution < 1.29 is 14.3 Å². The van der Waals surface area contributed by atoms with E-state index in [1.807, 2.05) is 0 Å². The van der Waals surface area contributed by atoms with Gasteiger partial charge in [0.15, 0.2) is 5.76 Å². The van der Waals surface area contributed by atoms with Gasteiger partial charge in [-0.2, -0.15) is 0 Å². The Balaban J connectivity index is 2.51. The first-order valence-corrected chi connectivity index (χ1v) is 4.99. The van der Waals surface area contributed by atoms with E-state index in [0.717, 1.165) is 4.88 Å². The lowest BCUT2D eigenvalue weighted by Crippen LogP contribution is -1.94. The summed E-state index contributed by atoms with van der Waals surface area (Å²) in [5, 5.41) is 11.1. The summed E-state index contributed by atoms with van der Waals surface area (Å²) in [7, 11) is 0. The minimum atomic E-state index is -1.00. The highest BCUT2D eigenvalue weighted by atomic mass is 35.5. The summed E-state index contributed by atoms with van der Waals surface area (Å²) in [5.41, 5.74) is 0.156. The van der Waals surface area contributed by atoms with Crippen LogP contribution >= 0.6 is 22.9 Å². The van der Waals surface area contributed by atoms with Gasteiger partial charge < -0.3 is 9.52 Å². The van der Waals surface area contributed by atoms with Gasteiger partial charge in [-0.05, 0) is 12.1 Å². The number of carbonyl (C=O) groups is 1. The van der Waals surface area contributed by atoms with E-state index in [1.54, 1.807) is 11.4 Å². The Labute approximate surface area is 88.5 Å². The predicted molar refractivity (Wildman–Crippen MR) is 54.0 cm³/mol. The molecular weight excluding hydrogens is 224 g/mol. The van der Waals surface area contributed by atoms with Gasteiger partial charge in [0.2, 0.25) is 0 Å². The summed E-state index contributed by atoms with van der Waals surface area (Å²) in [5.74, 6) is -0.646. The lowest BCUT2D eigenvalue weighted by atomic mass is 10.2. The van der Waals surface area contributed by atoms with Crippen LogP contribution in [-0.4, -0.2) is 11.1 Å². The van der Waals surface area contributed by atoms with Crippen molar-refractivity contribution in [3.8, 4) is 10.6 Å². The molecule has 0 spiro atoms. The maximum atomic E-state index is 10.8. The van der Waals surface area contributed by atoms with Crippen molar-refractivity contribution in [2.45, 2.75) is 0 Å². The Morgan fingerprint density at radius 2 is 2.36 bits per heavy atom. The number of thiophene rings is 1. The third kappa shape index (κ3) is 1.54. The van der Waals surface area contributed by atoms with Crippen molar-refractivity contribution in [3.05, 3.63) is 34.4 Å². The average Bonchev–Trinajstić information content (AvgIpc) is 2.70. The van der Waals surface area contributed by atoms with Gasteiger partial charge in [-0.25, -0.2) is 4.79 Å². The smallest absolute Gasteiger partial charge is 0.339 e. The summed E-state index contributed by atoms with van der Waals surface area (Å²) in [6, 6.07) is 3.10. The molecule has 2 rings (SSSR count). The minimum Gasteiger partial charge on any atom is -0.478 e. The maximum absolute atomic E-state index is 10.8. The van der Waals surface area contributed by atoms with Crippen LogP contribution in [0, 0.1) is 0 Å². The highest BCUT2D eigenvalue weighted by Crippen LogP contribution is 2.32. The van der Waals surface area contributed by atoms with Gasteiger partial charge in [0.1, 0.15) is 5.56 Å². The first-order valence-electron chi connectivity index (χ1n) is 3.73. The van der Waals surface area contributed by atoms with Crippen LogP contribution in [0.5, 0.6) is 0 Å². The third-order valence-electron chi connectivity index (χ3n) is 1.69. The van der Waals surface area contributed by atoms with E-state index in [0.29, 0.717) is 10.8 Å². The van der Waals surface area contributed by atoms with E-state index in [1.165, 1.54) is 23.7 Å². The van der Waals surface area contributed by atoms with Gasteiger partial charge in [0.05, 0.1) is 16.2 Å². The van der Waals surface area contributed by atoms with Gasteiger partial charge in [0.25, 0.3) is 0 Å². The van der Waals surface area contributed by atoms with Crippen LogP contribution in [0.4, 0.5) is 0 Å². The van der Waals surface area contributed by atoms with Crippen molar-refractivity contribution >= 4 is 28.9 Å². The average molecular weight is 229 g/mol. The molecule has 0 atom stereocenters. The molecule has 0 aliphatic carbocycles. The molecule has 14 heavy (non-hydrogen) atoms. The largest absolute Gasteiger partial charge is 0.478 e. The maximum Gasteiger partial charge on any atom is 0.339 e. The van der Waals surface area contributed by atoms with Crippen molar-refractivity contribution in [2.75, 3.05) is 0 Å². The van der Waals surface area contributed by atoms with Crippen LogP contribution in [0.2, 0.25) is 5.02 Å². The fourth-order valence-corrected chi connectivity index (χ4v) is 2.18. The van der Waals surface area contributed by atoms with E-state index in [2.05, 4.69) is 0 Å². The number of furan rings is 1. The molecule has 2 heterocycles. The molecule has 0 unspecified atom stereocenters. The first-order chi connectivity index (χ1) is 6.68. The van der Waals surface area contributed by atoms with E-state index in [9.17, 15) is 4.79 Å². The number of halogens is 1. The number of carboxylic acid groups (broad SMARTS) is 1. The second-order valence-corrected chi connectivity index (χ2v) is 3.95. The topological polar surface area (TPSA) is 50.4 Å². The Morgan fingerprint density at radius 3 is 2.93 bits per heavy atom. The molecule has 0 aromatic carbocycles. The Hall–Kier alpha value is -1.26. The summed E-state index contributed by atoms with van der Waals surface area (Å²) < 4.78 is 5.10. The molecule has 0 bridgehead atoms. The lowest BCUT2D eigenvalue weighted by Gasteiger charge is -1.92. The van der Waals surface area contributed by atoms with Crippen LogP contribution in [0.3, 0.4) is 0 Å². The molecule has 0 radical (unpaired) electrons. The summed E-state index contributed by atoms with van der Waals surface area (Å²) in [6.07, 6.45) is 1.35. The molecular formula is C9H5ClO3S. The summed E-state index contributed by atoms with van der Waals surface area (Å²) in [4.78, 5) is 11.5. The normalized spacial score (nSPS) is 10.4. The standard InChI is InChI=1S/C9H5ClO3S/c10-5-3-7(14-4-5)8-6(9(11)12)1-2-13-8/h1-4H,(H,11,12). The molecule has 72 valence electrons. The summed E-state index contributed by atoms with van der Waals surface area (Å²) >= 11 is 7.08. The van der Waals surface area contributed by atoms with E-state index >= 15 is 0 Å². The molecule has 3 nitrogen and oxygen atoms in total. The molecule has 0 fully saturated rings. The Bertz CT molecular complexity index is 472. The number of rotatable bonds is 2. The van der Waals surface area contributed by atoms with Crippen molar-refractivity contribution in [1.82, 2.24) is 0 Å². The first kappa shape index (κ1) is 9.30. The van der Waals surface area contributed by atoms with Crippen molar-refractivity contribution in [3.63, 3.8) is 0 Å². The van der Waals surface area contributed by atoms with Crippen LogP contribution in [0.15, 0.2) is 28.2 Å². The van der Waals surface area contributed by atoms with Crippen LogP contribution in [0.1, 0.15) is 10.4 Å². The van der Waals surface area contributed by atoms with E-state index < -0.39 is 5.97 Å². The fraction of sp³-hybridized carbons (Fsp3) is 0. The molecule has 5 heteroatoms. The molecule has 0 aliphatic rings. The van der Waals surface area contributed by atoms with Gasteiger partial charge in [-0.3, -0.25) is 0 Å². The van der Waals surface area contributed by atoms with Gasteiger partial charge in [-0.1, -0.05) is 11.6 Å². The van der Waals surface area contributed by atoms with E-state index in [4.69, 9.17) is 21.1 Å². The highest BCUT2D eigenvalue weighted by Gasteiger charge is 2.16. The minimum absolute atomic E-state index is 0.156. The molecule has 0 aliphatic heterocycles. The second kappa shape index (κ2) is 3.48. The van der Waals surface area contributed by atoms with Crippen LogP contribution in [0.25, 0.3) is 10.6 Å². The van der Waals surface area contributed by atoms with Gasteiger partial charge in [-0.15, -0.1) is 11.3 Å². The van der Waals surface area contributed by atoms with Crippen LogP contribution in [-0.2, 0) is 0 Å². The molecule has 0 saturated heterocycles. The van der Waals surface area contributed by atoms with Crippen molar-refractivity contribution in [1.29, 1.82) is 0 Å². The zero-order valence-electron chi connectivity index (χ0n) is 6.86. The zero-order chi connectivity index (χ0) is 10.1. The summed E-state index contributed by atoms with van der Waals surface area (Å²) in [6.45, 7) is 0. The Morgan fingerprint density at radius 1 is 1.57 bits per heavy atom. The number of hydrogen-bond acceptors (Lipinski definition) is 3. The predicted octanol–water partition coefficient (Wildman–Crippen LogP) is 3.36. The number of aromatic carboxylic acids is 1. The second-order valence-electron chi connectivity index (χ2n) is 2.60. The highest BCUT2D eigenvalue weighted by molar-refractivity contribution is 7.14. The molecule has 0 saturated carbocycles. The molecule has 2 aromatic rings. The fourth-order valence-electron chi connectivity index (χ4n) is 1.10. The van der Waals surface area contributed by atoms with Crippen molar-refractivity contribution in [2.24, 2.45) is 0 Å². The number of hydrogen-bond donors (Lipinski definition) is 1. The Kier molecular flexibility index (Phi) is 2.31. The SMILES string of the molecule is O=C(O)c1ccoc1-c1cc(Cl)cs1. The zero-order valence-corrected chi connectivity index (χ0v) is 8.43. The number of carboxylic acids is 1. The molecule has 2 aromatic heterocycles. The monoisotopic (exact) mass is 228 g/mol. The molecule has 0 amide bonds.